The molecule has 88 valence electrons. The number of rotatable bonds is 2. The van der Waals surface area contributed by atoms with Crippen LogP contribution in [-0.4, -0.2) is 5.78 Å². The normalized spacial score (nSPS) is 10.6. The van der Waals surface area contributed by atoms with Crippen LogP contribution in [0.25, 0.3) is 0 Å². The summed E-state index contributed by atoms with van der Waals surface area (Å²) in [6.45, 7) is 3.30. The van der Waals surface area contributed by atoms with Gasteiger partial charge in [-0.05, 0) is 48.6 Å². The van der Waals surface area contributed by atoms with E-state index in [4.69, 9.17) is 11.6 Å². The maximum atomic E-state index is 13.5. The Morgan fingerprint density at radius 1 is 1.29 bits per heavy atom. The Morgan fingerprint density at radius 3 is 2.35 bits per heavy atom. The van der Waals surface area contributed by atoms with Gasteiger partial charge in [0.15, 0.2) is 0 Å². The van der Waals surface area contributed by atoms with E-state index in [1.165, 1.54) is 11.3 Å². The predicted molar refractivity (Wildman–Crippen MR) is 68.6 cm³/mol. The van der Waals surface area contributed by atoms with Crippen LogP contribution in [0, 0.1) is 19.7 Å². The molecule has 0 saturated carbocycles. The second-order valence-electron chi connectivity index (χ2n) is 3.85. The molecule has 1 aromatic carbocycles. The van der Waals surface area contributed by atoms with Crippen molar-refractivity contribution in [1.82, 2.24) is 0 Å². The van der Waals surface area contributed by atoms with Crippen molar-refractivity contribution in [3.05, 3.63) is 56.0 Å². The molecule has 0 aliphatic rings. The lowest BCUT2D eigenvalue weighted by molar-refractivity contribution is 0.104. The molecular weight excluding hydrogens is 259 g/mol. The summed E-state index contributed by atoms with van der Waals surface area (Å²) in [5, 5.41) is 2.21. The van der Waals surface area contributed by atoms with Gasteiger partial charge in [-0.15, -0.1) is 11.3 Å². The van der Waals surface area contributed by atoms with Gasteiger partial charge in [0.2, 0.25) is 5.78 Å². The largest absolute Gasteiger partial charge is 0.288 e. The number of ketones is 1. The lowest BCUT2D eigenvalue weighted by Crippen LogP contribution is -2.02. The first-order chi connectivity index (χ1) is 8.00. The third kappa shape index (κ3) is 2.26. The predicted octanol–water partition coefficient (Wildman–Crippen LogP) is 4.39. The van der Waals surface area contributed by atoms with E-state index in [2.05, 4.69) is 0 Å². The Labute approximate surface area is 108 Å². The minimum atomic E-state index is -0.265. The highest BCUT2D eigenvalue weighted by Gasteiger charge is 2.16. The molecule has 0 radical (unpaired) electrons. The van der Waals surface area contributed by atoms with Crippen molar-refractivity contribution in [3.63, 3.8) is 0 Å². The smallest absolute Gasteiger partial charge is 0.204 e. The number of carbonyl (C=O) groups excluding carboxylic acids is 1. The van der Waals surface area contributed by atoms with Crippen LogP contribution in [-0.2, 0) is 0 Å². The van der Waals surface area contributed by atoms with Crippen LogP contribution in [0.3, 0.4) is 0 Å². The van der Waals surface area contributed by atoms with Crippen LogP contribution in [0.15, 0.2) is 23.6 Å². The number of hydrogen-bond acceptors (Lipinski definition) is 2. The maximum Gasteiger partial charge on any atom is 0.204 e. The molecule has 0 N–H and O–H groups in total. The summed E-state index contributed by atoms with van der Waals surface area (Å²) >= 11 is 7.20. The van der Waals surface area contributed by atoms with Gasteiger partial charge in [0.05, 0.1) is 9.90 Å². The Morgan fingerprint density at radius 2 is 1.88 bits per heavy atom. The summed E-state index contributed by atoms with van der Waals surface area (Å²) in [7, 11) is 0. The second-order valence-corrected chi connectivity index (χ2v) is 5.17. The van der Waals surface area contributed by atoms with Crippen LogP contribution in [0.5, 0.6) is 0 Å². The molecule has 4 heteroatoms. The van der Waals surface area contributed by atoms with Crippen LogP contribution in [0.2, 0.25) is 5.02 Å². The first kappa shape index (κ1) is 12.3. The van der Waals surface area contributed by atoms with Gasteiger partial charge < -0.3 is 0 Å². The number of hydrogen-bond donors (Lipinski definition) is 0. The Hall–Kier alpha value is -1.19. The third-order valence-electron chi connectivity index (χ3n) is 2.52. The van der Waals surface area contributed by atoms with Gasteiger partial charge in [0.1, 0.15) is 5.82 Å². The lowest BCUT2D eigenvalue weighted by atomic mass is 10.0. The highest BCUT2D eigenvalue weighted by atomic mass is 35.5. The molecular formula is C13H10ClFOS. The molecule has 17 heavy (non-hydrogen) atoms. The van der Waals surface area contributed by atoms with Gasteiger partial charge in [-0.2, -0.15) is 0 Å². The molecule has 0 fully saturated rings. The van der Waals surface area contributed by atoms with Gasteiger partial charge in [-0.3, -0.25) is 4.79 Å². The van der Waals surface area contributed by atoms with Gasteiger partial charge >= 0.3 is 0 Å². The molecule has 2 rings (SSSR count). The van der Waals surface area contributed by atoms with Crippen molar-refractivity contribution in [2.75, 3.05) is 0 Å². The monoisotopic (exact) mass is 268 g/mol. The zero-order chi connectivity index (χ0) is 12.6. The number of thiophene rings is 1. The number of aryl methyl sites for hydroxylation is 2. The maximum absolute atomic E-state index is 13.5. The minimum Gasteiger partial charge on any atom is -0.288 e. The van der Waals surface area contributed by atoms with Crippen molar-refractivity contribution in [2.45, 2.75) is 13.8 Å². The SMILES string of the molecule is Cc1cc(C(=O)c2sccc2Cl)cc(C)c1F. The summed E-state index contributed by atoms with van der Waals surface area (Å²) in [4.78, 5) is 12.6. The summed E-state index contributed by atoms with van der Waals surface area (Å²) in [6, 6.07) is 4.80. The van der Waals surface area contributed by atoms with Gasteiger partial charge in [0, 0.05) is 5.56 Å². The molecule has 1 nitrogen and oxygen atoms in total. The minimum absolute atomic E-state index is 0.156. The van der Waals surface area contributed by atoms with E-state index >= 15 is 0 Å². The van der Waals surface area contributed by atoms with Crippen molar-refractivity contribution in [2.24, 2.45) is 0 Å². The van der Waals surface area contributed by atoms with Crippen LogP contribution >= 0.6 is 22.9 Å². The first-order valence-corrected chi connectivity index (χ1v) is 6.31. The van der Waals surface area contributed by atoms with E-state index in [9.17, 15) is 9.18 Å². The fourth-order valence-corrected chi connectivity index (χ4v) is 2.77. The molecule has 0 aliphatic heterocycles. The van der Waals surface area contributed by atoms with Gasteiger partial charge in [-0.25, -0.2) is 4.39 Å². The van der Waals surface area contributed by atoms with E-state index in [0.717, 1.165) is 0 Å². The third-order valence-corrected chi connectivity index (χ3v) is 3.86. The molecule has 0 spiro atoms. The molecule has 0 unspecified atom stereocenters. The summed E-state index contributed by atoms with van der Waals surface area (Å²) in [6.07, 6.45) is 0. The van der Waals surface area contributed by atoms with E-state index in [-0.39, 0.29) is 11.6 Å². The van der Waals surface area contributed by atoms with E-state index in [0.29, 0.717) is 26.6 Å². The number of benzene rings is 1. The highest BCUT2D eigenvalue weighted by molar-refractivity contribution is 7.13. The molecule has 0 atom stereocenters. The summed E-state index contributed by atoms with van der Waals surface area (Å²) < 4.78 is 13.5. The second kappa shape index (κ2) is 4.59. The van der Waals surface area contributed by atoms with Gasteiger partial charge in [0.25, 0.3) is 0 Å². The zero-order valence-corrected chi connectivity index (χ0v) is 11.0. The highest BCUT2D eigenvalue weighted by Crippen LogP contribution is 2.26. The Kier molecular flexibility index (Phi) is 3.31. The van der Waals surface area contributed by atoms with E-state index in [1.54, 1.807) is 37.4 Å². The fraction of sp³-hybridized carbons (Fsp3) is 0.154. The lowest BCUT2D eigenvalue weighted by Gasteiger charge is -2.05. The average Bonchev–Trinajstić information content (AvgIpc) is 2.70. The summed E-state index contributed by atoms with van der Waals surface area (Å²) in [5.74, 6) is -0.421. The number of halogens is 2. The quantitative estimate of drug-likeness (QED) is 0.739. The van der Waals surface area contributed by atoms with E-state index < -0.39 is 0 Å². The molecule has 0 saturated heterocycles. The molecule has 1 heterocycles. The van der Waals surface area contributed by atoms with Crippen molar-refractivity contribution >= 4 is 28.7 Å². The van der Waals surface area contributed by atoms with Crippen molar-refractivity contribution in [1.29, 1.82) is 0 Å². The average molecular weight is 269 g/mol. The molecule has 0 bridgehead atoms. The Bertz CT molecular complexity index is 566. The van der Waals surface area contributed by atoms with Crippen LogP contribution in [0.4, 0.5) is 4.39 Å². The fourth-order valence-electron chi connectivity index (χ4n) is 1.66. The number of carbonyl (C=O) groups is 1. The van der Waals surface area contributed by atoms with E-state index in [1.807, 2.05) is 0 Å². The van der Waals surface area contributed by atoms with Crippen LogP contribution < -0.4 is 0 Å². The molecule has 1 aromatic heterocycles. The van der Waals surface area contributed by atoms with Crippen molar-refractivity contribution in [3.8, 4) is 0 Å². The van der Waals surface area contributed by atoms with Crippen LogP contribution in [0.1, 0.15) is 26.4 Å². The molecule has 2 aromatic rings. The summed E-state index contributed by atoms with van der Waals surface area (Å²) in [5.41, 5.74) is 1.42. The first-order valence-electron chi connectivity index (χ1n) is 5.05. The standard InChI is InChI=1S/C13H10ClFOS/c1-7-5-9(6-8(2)11(7)15)12(16)13-10(14)3-4-17-13/h3-6H,1-2H3. The molecule has 0 aliphatic carbocycles. The zero-order valence-electron chi connectivity index (χ0n) is 9.38. The Balaban J connectivity index is 2.49. The molecule has 0 amide bonds. The van der Waals surface area contributed by atoms with Gasteiger partial charge in [-0.1, -0.05) is 11.6 Å². The van der Waals surface area contributed by atoms with Crippen molar-refractivity contribution < 1.29 is 9.18 Å². The topological polar surface area (TPSA) is 17.1 Å².